The largest absolute Gasteiger partial charge is 0.481 e. The number of benzene rings is 1. The van der Waals surface area contributed by atoms with Crippen LogP contribution in [-0.4, -0.2) is 33.8 Å². The Morgan fingerprint density at radius 2 is 2.00 bits per heavy atom. The van der Waals surface area contributed by atoms with Gasteiger partial charge >= 0.3 is 5.97 Å². The van der Waals surface area contributed by atoms with Crippen LogP contribution < -0.4 is 0 Å². The minimum absolute atomic E-state index is 0.124. The topological polar surface area (TPSA) is 74.7 Å². The molecule has 1 fully saturated rings. The van der Waals surface area contributed by atoms with Gasteiger partial charge in [-0.1, -0.05) is 37.3 Å². The normalized spacial score (nSPS) is 20.2. The van der Waals surface area contributed by atoms with E-state index in [1.54, 1.807) is 6.92 Å². The number of rotatable bonds is 5. The van der Waals surface area contributed by atoms with E-state index in [2.05, 4.69) is 0 Å². The van der Waals surface area contributed by atoms with E-state index < -0.39 is 17.9 Å². The summed E-state index contributed by atoms with van der Waals surface area (Å²) in [5.41, 5.74) is 0.804. The lowest BCUT2D eigenvalue weighted by Gasteiger charge is -2.24. The molecule has 0 spiro atoms. The molecule has 1 aliphatic rings. The lowest BCUT2D eigenvalue weighted by molar-refractivity contribution is -0.144. The molecule has 106 valence electrons. The van der Waals surface area contributed by atoms with Crippen LogP contribution in [0.2, 0.25) is 0 Å². The number of carboxylic acids is 1. The van der Waals surface area contributed by atoms with Crippen LogP contribution in [0.4, 0.5) is 0 Å². The van der Waals surface area contributed by atoms with Crippen molar-refractivity contribution in [3.63, 3.8) is 0 Å². The Morgan fingerprint density at radius 3 is 2.55 bits per heavy atom. The number of carboxylic acid groups (broad SMARTS) is 1. The lowest BCUT2D eigenvalue weighted by Crippen LogP contribution is -2.41. The molecule has 0 radical (unpaired) electrons. The third-order valence-corrected chi connectivity index (χ3v) is 3.63. The van der Waals surface area contributed by atoms with Crippen molar-refractivity contribution in [2.75, 3.05) is 0 Å². The SMILES string of the molecule is CCC(CC(=O)O)N1C(=O)CC(c2ccccc2)C1=O. The molecule has 2 rings (SSSR count). The second-order valence-electron chi connectivity index (χ2n) is 4.93. The van der Waals surface area contributed by atoms with Gasteiger partial charge < -0.3 is 5.11 Å². The van der Waals surface area contributed by atoms with E-state index in [0.29, 0.717) is 6.42 Å². The van der Waals surface area contributed by atoms with E-state index in [-0.39, 0.29) is 24.7 Å². The molecule has 20 heavy (non-hydrogen) atoms. The molecule has 0 aliphatic carbocycles. The maximum atomic E-state index is 12.4. The van der Waals surface area contributed by atoms with Gasteiger partial charge in [-0.05, 0) is 12.0 Å². The molecule has 1 aliphatic heterocycles. The summed E-state index contributed by atoms with van der Waals surface area (Å²) in [6, 6.07) is 8.58. The number of nitrogens with zero attached hydrogens (tertiary/aromatic N) is 1. The number of carbonyl (C=O) groups excluding carboxylic acids is 2. The summed E-state index contributed by atoms with van der Waals surface area (Å²) in [7, 11) is 0. The van der Waals surface area contributed by atoms with E-state index in [1.807, 2.05) is 30.3 Å². The fourth-order valence-electron chi connectivity index (χ4n) is 2.60. The number of hydrogen-bond donors (Lipinski definition) is 1. The zero-order valence-corrected chi connectivity index (χ0v) is 11.3. The van der Waals surface area contributed by atoms with Crippen molar-refractivity contribution < 1.29 is 19.5 Å². The predicted octanol–water partition coefficient (Wildman–Crippen LogP) is 1.78. The predicted molar refractivity (Wildman–Crippen MR) is 72.0 cm³/mol. The Bertz CT molecular complexity index is 526. The summed E-state index contributed by atoms with van der Waals surface area (Å²) in [6.45, 7) is 1.78. The summed E-state index contributed by atoms with van der Waals surface area (Å²) in [5, 5.41) is 8.88. The molecule has 2 unspecified atom stereocenters. The molecule has 1 aromatic rings. The van der Waals surface area contributed by atoms with Gasteiger partial charge in [-0.2, -0.15) is 0 Å². The number of carbonyl (C=O) groups is 3. The highest BCUT2D eigenvalue weighted by Gasteiger charge is 2.42. The van der Waals surface area contributed by atoms with E-state index in [1.165, 1.54) is 0 Å². The molecule has 0 aromatic heterocycles. The highest BCUT2D eigenvalue weighted by atomic mass is 16.4. The van der Waals surface area contributed by atoms with Gasteiger partial charge in [0.1, 0.15) is 0 Å². The van der Waals surface area contributed by atoms with Crippen LogP contribution in [0.25, 0.3) is 0 Å². The van der Waals surface area contributed by atoms with E-state index >= 15 is 0 Å². The van der Waals surface area contributed by atoms with Crippen LogP contribution in [0.3, 0.4) is 0 Å². The molecular formula is C15H17NO4. The first kappa shape index (κ1) is 14.2. The van der Waals surface area contributed by atoms with Crippen LogP contribution in [0.1, 0.15) is 37.7 Å². The molecule has 1 aromatic carbocycles. The van der Waals surface area contributed by atoms with E-state index in [4.69, 9.17) is 5.11 Å². The Hall–Kier alpha value is -2.17. The van der Waals surface area contributed by atoms with Crippen molar-refractivity contribution in [3.8, 4) is 0 Å². The Balaban J connectivity index is 2.22. The first-order valence-corrected chi connectivity index (χ1v) is 6.67. The zero-order valence-electron chi connectivity index (χ0n) is 11.3. The molecule has 1 heterocycles. The molecule has 0 saturated carbocycles. The summed E-state index contributed by atoms with van der Waals surface area (Å²) in [4.78, 5) is 36.5. The smallest absolute Gasteiger partial charge is 0.305 e. The summed E-state index contributed by atoms with van der Waals surface area (Å²) in [5.74, 6) is -2.04. The number of imide groups is 1. The number of amides is 2. The van der Waals surface area contributed by atoms with Crippen molar-refractivity contribution in [2.24, 2.45) is 0 Å². The Kier molecular flexibility index (Phi) is 4.17. The van der Waals surface area contributed by atoms with Gasteiger partial charge in [0.15, 0.2) is 0 Å². The molecule has 1 N–H and O–H groups in total. The van der Waals surface area contributed by atoms with Gasteiger partial charge in [0.25, 0.3) is 0 Å². The van der Waals surface area contributed by atoms with E-state index in [9.17, 15) is 14.4 Å². The van der Waals surface area contributed by atoms with Crippen LogP contribution in [0.5, 0.6) is 0 Å². The lowest BCUT2D eigenvalue weighted by atomic mass is 9.98. The number of aliphatic carboxylic acids is 1. The standard InChI is InChI=1S/C15H17NO4/c1-2-11(8-14(18)19)16-13(17)9-12(15(16)20)10-6-4-3-5-7-10/h3-7,11-12H,2,8-9H2,1H3,(H,18,19). The van der Waals surface area contributed by atoms with Crippen molar-refractivity contribution in [1.82, 2.24) is 4.90 Å². The molecule has 1 saturated heterocycles. The van der Waals surface area contributed by atoms with Crippen LogP contribution in [0.15, 0.2) is 30.3 Å². The van der Waals surface area contributed by atoms with Crippen molar-refractivity contribution in [3.05, 3.63) is 35.9 Å². The van der Waals surface area contributed by atoms with Gasteiger partial charge in [-0.3, -0.25) is 19.3 Å². The summed E-state index contributed by atoms with van der Waals surface area (Å²) < 4.78 is 0. The summed E-state index contributed by atoms with van der Waals surface area (Å²) in [6.07, 6.45) is 0.375. The van der Waals surface area contributed by atoms with Gasteiger partial charge in [-0.25, -0.2) is 0 Å². The van der Waals surface area contributed by atoms with Gasteiger partial charge in [0, 0.05) is 12.5 Å². The van der Waals surface area contributed by atoms with Crippen molar-refractivity contribution in [1.29, 1.82) is 0 Å². The minimum atomic E-state index is -0.999. The maximum Gasteiger partial charge on any atom is 0.305 e. The average molecular weight is 275 g/mol. The molecule has 2 amide bonds. The monoisotopic (exact) mass is 275 g/mol. The quantitative estimate of drug-likeness (QED) is 0.831. The minimum Gasteiger partial charge on any atom is -0.481 e. The molecule has 0 bridgehead atoms. The van der Waals surface area contributed by atoms with Crippen molar-refractivity contribution >= 4 is 17.8 Å². The molecule has 5 nitrogen and oxygen atoms in total. The third-order valence-electron chi connectivity index (χ3n) is 3.63. The van der Waals surface area contributed by atoms with Crippen molar-refractivity contribution in [2.45, 2.75) is 38.1 Å². The maximum absolute atomic E-state index is 12.4. The third kappa shape index (κ3) is 2.71. The zero-order chi connectivity index (χ0) is 14.7. The average Bonchev–Trinajstić information content (AvgIpc) is 2.72. The van der Waals surface area contributed by atoms with Gasteiger partial charge in [0.05, 0.1) is 12.3 Å². The highest BCUT2D eigenvalue weighted by Crippen LogP contribution is 2.32. The van der Waals surface area contributed by atoms with Gasteiger partial charge in [-0.15, -0.1) is 0 Å². The second-order valence-corrected chi connectivity index (χ2v) is 4.93. The fourth-order valence-corrected chi connectivity index (χ4v) is 2.60. The van der Waals surface area contributed by atoms with Crippen LogP contribution in [-0.2, 0) is 14.4 Å². The molecular weight excluding hydrogens is 258 g/mol. The Morgan fingerprint density at radius 1 is 1.35 bits per heavy atom. The Labute approximate surface area is 117 Å². The highest BCUT2D eigenvalue weighted by molar-refractivity contribution is 6.06. The molecule has 2 atom stereocenters. The number of hydrogen-bond acceptors (Lipinski definition) is 3. The second kappa shape index (κ2) is 5.86. The summed E-state index contributed by atoms with van der Waals surface area (Å²) >= 11 is 0. The van der Waals surface area contributed by atoms with E-state index in [0.717, 1.165) is 10.5 Å². The first-order valence-electron chi connectivity index (χ1n) is 6.67. The van der Waals surface area contributed by atoms with Crippen LogP contribution in [0, 0.1) is 0 Å². The molecule has 5 heteroatoms. The van der Waals surface area contributed by atoms with Gasteiger partial charge in [0.2, 0.25) is 11.8 Å². The number of likely N-dealkylation sites (tertiary alicyclic amines) is 1. The van der Waals surface area contributed by atoms with Crippen LogP contribution >= 0.6 is 0 Å². The fraction of sp³-hybridized carbons (Fsp3) is 0.400. The first-order chi connectivity index (χ1) is 9.54.